The molecule has 1 aromatic heterocycles. The Morgan fingerprint density at radius 1 is 1.04 bits per heavy atom. The van der Waals surface area contributed by atoms with Gasteiger partial charge in [0.2, 0.25) is 0 Å². The Kier molecular flexibility index (Phi) is 3.26. The van der Waals surface area contributed by atoms with E-state index in [1.807, 2.05) is 0 Å². The molecule has 0 saturated carbocycles. The number of halogens is 1. The van der Waals surface area contributed by atoms with Crippen molar-refractivity contribution in [1.82, 2.24) is 4.57 Å². The first-order chi connectivity index (χ1) is 12.2. The van der Waals surface area contributed by atoms with Gasteiger partial charge in [-0.15, -0.1) is 0 Å². The molecular weight excluding hydrogens is 326 g/mol. The van der Waals surface area contributed by atoms with Crippen LogP contribution in [0.5, 0.6) is 0 Å². The van der Waals surface area contributed by atoms with Crippen LogP contribution in [0.3, 0.4) is 0 Å². The van der Waals surface area contributed by atoms with Crippen LogP contribution in [-0.4, -0.2) is 4.57 Å². The molecule has 0 aliphatic heterocycles. The number of aromatic nitrogens is 1. The summed E-state index contributed by atoms with van der Waals surface area (Å²) in [5.74, 6) is 0.359. The number of nitrogens with zero attached hydrogens (tertiary/aromatic N) is 1. The number of para-hydroxylation sites is 1. The van der Waals surface area contributed by atoms with E-state index in [9.17, 15) is 0 Å². The molecule has 0 spiro atoms. The molecule has 2 aliphatic rings. The van der Waals surface area contributed by atoms with Gasteiger partial charge in [-0.25, -0.2) is 0 Å². The lowest BCUT2D eigenvalue weighted by molar-refractivity contribution is 0.842. The average Bonchev–Trinajstić information content (AvgIpc) is 2.97. The zero-order valence-corrected chi connectivity index (χ0v) is 14.8. The highest BCUT2D eigenvalue weighted by Crippen LogP contribution is 2.31. The summed E-state index contributed by atoms with van der Waals surface area (Å²) in [6, 6.07) is 17.2. The van der Waals surface area contributed by atoms with Crippen LogP contribution in [0.1, 0.15) is 12.0 Å². The van der Waals surface area contributed by atoms with E-state index in [0.29, 0.717) is 5.92 Å². The molecule has 0 amide bonds. The van der Waals surface area contributed by atoms with Gasteiger partial charge in [-0.1, -0.05) is 65.7 Å². The number of hydrogen-bond acceptors (Lipinski definition) is 0. The standard InChI is InChI=1S/C23H18ClN/c1-15-11-12-21-19(13-15)22-20(24)14-16-7-5-6-10-18(16)23(22)25(21)17-8-3-2-4-9-17/h2-13,16H,14H2,1H3. The molecule has 0 bridgehead atoms. The number of benzene rings is 2. The van der Waals surface area contributed by atoms with Crippen molar-refractivity contribution in [1.29, 1.82) is 0 Å². The van der Waals surface area contributed by atoms with E-state index in [4.69, 9.17) is 11.6 Å². The molecular formula is C23H18ClN. The molecule has 5 rings (SSSR count). The summed E-state index contributed by atoms with van der Waals surface area (Å²) < 4.78 is 2.37. The number of hydrogen-bond donors (Lipinski definition) is 0. The fourth-order valence-electron chi connectivity index (χ4n) is 4.11. The first kappa shape index (κ1) is 14.8. The molecule has 1 heterocycles. The lowest BCUT2D eigenvalue weighted by Gasteiger charge is -2.21. The minimum absolute atomic E-state index is 0.359. The third kappa shape index (κ3) is 2.16. The second kappa shape index (κ2) is 5.50. The first-order valence-electron chi connectivity index (χ1n) is 8.68. The minimum Gasteiger partial charge on any atom is -0.309 e. The largest absolute Gasteiger partial charge is 0.309 e. The third-order valence-corrected chi connectivity index (χ3v) is 5.55. The van der Waals surface area contributed by atoms with Gasteiger partial charge in [-0.2, -0.15) is 0 Å². The van der Waals surface area contributed by atoms with E-state index in [2.05, 4.69) is 84.3 Å². The quantitative estimate of drug-likeness (QED) is 0.609. The molecule has 1 unspecified atom stereocenters. The predicted molar refractivity (Wildman–Crippen MR) is 106 cm³/mol. The molecule has 1 atom stereocenters. The van der Waals surface area contributed by atoms with Gasteiger partial charge >= 0.3 is 0 Å². The number of aryl methyl sites for hydroxylation is 1. The molecule has 3 aromatic rings. The zero-order valence-electron chi connectivity index (χ0n) is 14.0. The molecule has 122 valence electrons. The van der Waals surface area contributed by atoms with E-state index in [1.54, 1.807) is 0 Å². The summed E-state index contributed by atoms with van der Waals surface area (Å²) in [5.41, 5.74) is 5.02. The van der Waals surface area contributed by atoms with Crippen molar-refractivity contribution in [3.8, 4) is 5.69 Å². The van der Waals surface area contributed by atoms with E-state index in [0.717, 1.165) is 11.5 Å². The van der Waals surface area contributed by atoms with Crippen LogP contribution < -0.4 is 10.6 Å². The topological polar surface area (TPSA) is 4.93 Å². The van der Waals surface area contributed by atoms with Crippen molar-refractivity contribution in [2.24, 2.45) is 5.92 Å². The van der Waals surface area contributed by atoms with Crippen molar-refractivity contribution in [3.05, 3.63) is 89.0 Å². The maximum atomic E-state index is 6.83. The van der Waals surface area contributed by atoms with Crippen molar-refractivity contribution >= 4 is 33.1 Å². The Balaban J connectivity index is 2.07. The van der Waals surface area contributed by atoms with Crippen molar-refractivity contribution < 1.29 is 0 Å². The van der Waals surface area contributed by atoms with E-state index >= 15 is 0 Å². The fraction of sp³-hybridized carbons (Fsp3) is 0.130. The Hall–Kier alpha value is -2.51. The SMILES string of the molecule is Cc1ccc2c(c1)c1c(n2-c2ccccc2)=C2C=CC=CC2CC=1Cl. The van der Waals surface area contributed by atoms with Crippen molar-refractivity contribution in [2.75, 3.05) is 0 Å². The van der Waals surface area contributed by atoms with E-state index < -0.39 is 0 Å². The molecule has 2 heteroatoms. The van der Waals surface area contributed by atoms with Crippen LogP contribution in [0.25, 0.3) is 27.2 Å². The maximum absolute atomic E-state index is 6.83. The molecule has 2 aromatic carbocycles. The summed E-state index contributed by atoms with van der Waals surface area (Å²) in [4.78, 5) is 0. The van der Waals surface area contributed by atoms with Crippen LogP contribution in [0.2, 0.25) is 0 Å². The Morgan fingerprint density at radius 3 is 2.72 bits per heavy atom. The van der Waals surface area contributed by atoms with Gasteiger partial charge in [0.15, 0.2) is 0 Å². The lowest BCUT2D eigenvalue weighted by atomic mass is 9.87. The van der Waals surface area contributed by atoms with Gasteiger partial charge in [-0.3, -0.25) is 0 Å². The fourth-order valence-corrected chi connectivity index (χ4v) is 4.47. The van der Waals surface area contributed by atoms with Crippen LogP contribution in [-0.2, 0) is 0 Å². The van der Waals surface area contributed by atoms with Gasteiger partial charge in [0, 0.05) is 27.2 Å². The van der Waals surface area contributed by atoms with Gasteiger partial charge in [0.1, 0.15) is 0 Å². The van der Waals surface area contributed by atoms with Crippen molar-refractivity contribution in [2.45, 2.75) is 13.3 Å². The molecule has 0 radical (unpaired) electrons. The Labute approximate surface area is 151 Å². The summed E-state index contributed by atoms with van der Waals surface area (Å²) in [6.07, 6.45) is 9.65. The molecule has 0 saturated heterocycles. The number of fused-ring (bicyclic) bond motifs is 4. The normalized spacial score (nSPS) is 18.6. The molecule has 0 fully saturated rings. The smallest absolute Gasteiger partial charge is 0.0590 e. The highest BCUT2D eigenvalue weighted by atomic mass is 35.5. The van der Waals surface area contributed by atoms with Gasteiger partial charge in [-0.05, 0) is 43.2 Å². The highest BCUT2D eigenvalue weighted by Gasteiger charge is 2.24. The third-order valence-electron chi connectivity index (χ3n) is 5.21. The number of allylic oxidation sites excluding steroid dienone is 4. The Morgan fingerprint density at radius 2 is 1.88 bits per heavy atom. The zero-order chi connectivity index (χ0) is 17.0. The lowest BCUT2D eigenvalue weighted by Crippen LogP contribution is -2.37. The summed E-state index contributed by atoms with van der Waals surface area (Å²) in [5, 5.41) is 4.66. The van der Waals surface area contributed by atoms with Crippen LogP contribution in [0.4, 0.5) is 0 Å². The molecule has 25 heavy (non-hydrogen) atoms. The van der Waals surface area contributed by atoms with Crippen LogP contribution in [0.15, 0.2) is 72.8 Å². The Bertz CT molecular complexity index is 1180. The summed E-state index contributed by atoms with van der Waals surface area (Å²) >= 11 is 6.83. The minimum atomic E-state index is 0.359. The van der Waals surface area contributed by atoms with Gasteiger partial charge in [0.25, 0.3) is 0 Å². The average molecular weight is 344 g/mol. The van der Waals surface area contributed by atoms with Crippen molar-refractivity contribution in [3.63, 3.8) is 0 Å². The van der Waals surface area contributed by atoms with E-state index in [-0.39, 0.29) is 0 Å². The first-order valence-corrected chi connectivity index (χ1v) is 9.06. The predicted octanol–water partition coefficient (Wildman–Crippen LogP) is 4.58. The second-order valence-electron chi connectivity index (χ2n) is 6.83. The maximum Gasteiger partial charge on any atom is 0.0590 e. The second-order valence-corrected chi connectivity index (χ2v) is 7.29. The molecule has 0 N–H and O–H groups in total. The van der Waals surface area contributed by atoms with Gasteiger partial charge < -0.3 is 4.57 Å². The van der Waals surface area contributed by atoms with Crippen LogP contribution >= 0.6 is 11.6 Å². The van der Waals surface area contributed by atoms with E-state index in [1.165, 1.54) is 38.3 Å². The summed E-state index contributed by atoms with van der Waals surface area (Å²) in [6.45, 7) is 2.14. The number of rotatable bonds is 1. The highest BCUT2D eigenvalue weighted by molar-refractivity contribution is 6.45. The molecule has 2 aliphatic carbocycles. The monoisotopic (exact) mass is 343 g/mol. The van der Waals surface area contributed by atoms with Gasteiger partial charge in [0.05, 0.1) is 10.9 Å². The molecule has 1 nitrogen and oxygen atoms in total. The summed E-state index contributed by atoms with van der Waals surface area (Å²) in [7, 11) is 0. The van der Waals surface area contributed by atoms with Crippen LogP contribution in [0, 0.1) is 12.8 Å².